The van der Waals surface area contributed by atoms with Gasteiger partial charge in [-0.2, -0.15) is 0 Å². The lowest BCUT2D eigenvalue weighted by Gasteiger charge is -2.08. The first-order valence-corrected chi connectivity index (χ1v) is 7.24. The summed E-state index contributed by atoms with van der Waals surface area (Å²) in [6, 6.07) is 4.25. The first kappa shape index (κ1) is 13.2. The van der Waals surface area contributed by atoms with Crippen LogP contribution >= 0.6 is 11.8 Å². The van der Waals surface area contributed by atoms with E-state index >= 15 is 0 Å². The largest absolute Gasteiger partial charge is 0.478 e. The Bertz CT molecular complexity index is 417. The molecule has 0 bridgehead atoms. The molecular formula is C13H19N3OS. The van der Waals surface area contributed by atoms with Crippen molar-refractivity contribution in [2.24, 2.45) is 10.9 Å². The van der Waals surface area contributed by atoms with Crippen LogP contribution in [0.2, 0.25) is 0 Å². The summed E-state index contributed by atoms with van der Waals surface area (Å²) in [6.45, 7) is 6.99. The predicted molar refractivity (Wildman–Crippen MR) is 77.5 cm³/mol. The fraction of sp³-hybridized carbons (Fsp3) is 0.538. The molecule has 1 aliphatic heterocycles. The van der Waals surface area contributed by atoms with Gasteiger partial charge < -0.3 is 10.1 Å². The second kappa shape index (κ2) is 6.09. The van der Waals surface area contributed by atoms with E-state index in [-0.39, 0.29) is 0 Å². The zero-order valence-corrected chi connectivity index (χ0v) is 11.8. The molecule has 4 nitrogen and oxygen atoms in total. The van der Waals surface area contributed by atoms with Crippen molar-refractivity contribution in [3.05, 3.63) is 18.3 Å². The molecule has 1 N–H and O–H groups in total. The Balaban J connectivity index is 1.95. The number of ether oxygens (including phenoxy) is 1. The van der Waals surface area contributed by atoms with E-state index in [1.165, 1.54) is 0 Å². The van der Waals surface area contributed by atoms with Gasteiger partial charge in [-0.05, 0) is 18.9 Å². The monoisotopic (exact) mass is 265 g/mol. The second-order valence-electron chi connectivity index (χ2n) is 4.50. The summed E-state index contributed by atoms with van der Waals surface area (Å²) >= 11 is 1.77. The third-order valence-electron chi connectivity index (χ3n) is 2.72. The molecular weight excluding hydrogens is 246 g/mol. The average molecular weight is 265 g/mol. The van der Waals surface area contributed by atoms with Crippen LogP contribution in [0, 0.1) is 5.92 Å². The minimum atomic E-state index is 0.424. The Kier molecular flexibility index (Phi) is 4.47. The molecule has 1 aromatic heterocycles. The van der Waals surface area contributed by atoms with Gasteiger partial charge >= 0.3 is 0 Å². The number of anilines is 1. The van der Waals surface area contributed by atoms with Gasteiger partial charge in [0.25, 0.3) is 0 Å². The van der Waals surface area contributed by atoms with E-state index in [4.69, 9.17) is 4.74 Å². The summed E-state index contributed by atoms with van der Waals surface area (Å²) in [5, 5.41) is 4.28. The second-order valence-corrected chi connectivity index (χ2v) is 5.51. The molecule has 0 aliphatic carbocycles. The van der Waals surface area contributed by atoms with Crippen LogP contribution in [-0.4, -0.2) is 28.6 Å². The molecule has 0 fully saturated rings. The number of hydrogen-bond donors (Lipinski definition) is 1. The summed E-state index contributed by atoms with van der Waals surface area (Å²) in [5.74, 6) is 2.31. The molecule has 0 unspecified atom stereocenters. The van der Waals surface area contributed by atoms with E-state index in [1.54, 1.807) is 18.0 Å². The summed E-state index contributed by atoms with van der Waals surface area (Å²) in [7, 11) is 0. The van der Waals surface area contributed by atoms with Gasteiger partial charge in [0.05, 0.1) is 24.5 Å². The molecule has 0 aromatic carbocycles. The smallest absolute Gasteiger partial charge is 0.213 e. The van der Waals surface area contributed by atoms with Crippen LogP contribution in [0.3, 0.4) is 0 Å². The Morgan fingerprint density at radius 2 is 2.33 bits per heavy atom. The van der Waals surface area contributed by atoms with Crippen LogP contribution in [0.25, 0.3) is 0 Å². The molecule has 0 radical (unpaired) electrons. The van der Waals surface area contributed by atoms with Crippen LogP contribution in [0.4, 0.5) is 5.69 Å². The van der Waals surface area contributed by atoms with Crippen molar-refractivity contribution in [2.45, 2.75) is 26.8 Å². The predicted octanol–water partition coefficient (Wildman–Crippen LogP) is 3.02. The fourth-order valence-electron chi connectivity index (χ4n) is 1.61. The van der Waals surface area contributed by atoms with E-state index in [0.29, 0.717) is 24.4 Å². The molecule has 5 heteroatoms. The van der Waals surface area contributed by atoms with E-state index in [0.717, 1.165) is 16.6 Å². The number of hydrogen-bond acceptors (Lipinski definition) is 5. The molecule has 18 heavy (non-hydrogen) atoms. The molecule has 1 aliphatic rings. The van der Waals surface area contributed by atoms with E-state index in [9.17, 15) is 0 Å². The van der Waals surface area contributed by atoms with Gasteiger partial charge in [-0.25, -0.2) is 4.98 Å². The van der Waals surface area contributed by atoms with Crippen molar-refractivity contribution in [3.8, 4) is 5.88 Å². The molecule has 98 valence electrons. The number of amidine groups is 1. The molecule has 2 heterocycles. The molecule has 2 rings (SSSR count). The maximum atomic E-state index is 5.31. The lowest BCUT2D eigenvalue weighted by atomic mass is 10.1. The SMILES string of the molecule is CCOc1ccc(NC2=N[C@@H](C(C)C)CS2)cn1. The maximum absolute atomic E-state index is 5.31. The number of pyridine rings is 1. The van der Waals surface area contributed by atoms with E-state index in [1.807, 2.05) is 19.1 Å². The van der Waals surface area contributed by atoms with Gasteiger partial charge in [-0.1, -0.05) is 25.6 Å². The topological polar surface area (TPSA) is 46.5 Å². The molecule has 0 amide bonds. The Hall–Kier alpha value is -1.23. The Morgan fingerprint density at radius 3 is 2.89 bits per heavy atom. The van der Waals surface area contributed by atoms with E-state index < -0.39 is 0 Å². The van der Waals surface area contributed by atoms with Crippen LogP contribution in [-0.2, 0) is 0 Å². The van der Waals surface area contributed by atoms with Crippen LogP contribution in [0.1, 0.15) is 20.8 Å². The third-order valence-corrected chi connectivity index (χ3v) is 3.71. The van der Waals surface area contributed by atoms with Crippen molar-refractivity contribution in [3.63, 3.8) is 0 Å². The molecule has 1 atom stereocenters. The molecule has 1 aromatic rings. The van der Waals surface area contributed by atoms with Crippen LogP contribution < -0.4 is 10.1 Å². The highest BCUT2D eigenvalue weighted by Gasteiger charge is 2.21. The number of nitrogens with zero attached hydrogens (tertiary/aromatic N) is 2. The quantitative estimate of drug-likeness (QED) is 0.909. The highest BCUT2D eigenvalue weighted by Crippen LogP contribution is 2.24. The van der Waals surface area contributed by atoms with Crippen molar-refractivity contribution in [1.29, 1.82) is 0 Å². The van der Waals surface area contributed by atoms with Crippen molar-refractivity contribution in [2.75, 3.05) is 17.7 Å². The minimum Gasteiger partial charge on any atom is -0.478 e. The summed E-state index contributed by atoms with van der Waals surface area (Å²) in [6.07, 6.45) is 1.77. The third kappa shape index (κ3) is 3.38. The first-order chi connectivity index (χ1) is 8.69. The van der Waals surface area contributed by atoms with Gasteiger partial charge in [-0.15, -0.1) is 0 Å². The van der Waals surface area contributed by atoms with Gasteiger partial charge in [0, 0.05) is 11.8 Å². The van der Waals surface area contributed by atoms with Crippen LogP contribution in [0.5, 0.6) is 5.88 Å². The lowest BCUT2D eigenvalue weighted by molar-refractivity contribution is 0.327. The molecule has 0 spiro atoms. The fourth-order valence-corrected chi connectivity index (χ4v) is 2.80. The zero-order chi connectivity index (χ0) is 13.0. The van der Waals surface area contributed by atoms with E-state index in [2.05, 4.69) is 29.1 Å². The van der Waals surface area contributed by atoms with Crippen LogP contribution in [0.15, 0.2) is 23.3 Å². The zero-order valence-electron chi connectivity index (χ0n) is 11.0. The Morgan fingerprint density at radius 1 is 1.50 bits per heavy atom. The molecule has 0 saturated carbocycles. The van der Waals surface area contributed by atoms with Crippen molar-refractivity contribution in [1.82, 2.24) is 4.98 Å². The average Bonchev–Trinajstić information content (AvgIpc) is 2.81. The van der Waals surface area contributed by atoms with Gasteiger partial charge in [-0.3, -0.25) is 4.99 Å². The summed E-state index contributed by atoms with van der Waals surface area (Å²) in [5.41, 5.74) is 0.953. The number of aromatic nitrogens is 1. The Labute approximate surface area is 112 Å². The highest BCUT2D eigenvalue weighted by atomic mass is 32.2. The maximum Gasteiger partial charge on any atom is 0.213 e. The standard InChI is InChI=1S/C13H19N3OS/c1-4-17-12-6-5-10(7-14-12)15-13-16-11(8-18-13)9(2)3/h5-7,9,11H,4,8H2,1-3H3,(H,15,16)/t11-/m1/s1. The number of rotatable bonds is 4. The summed E-state index contributed by atoms with van der Waals surface area (Å²) in [4.78, 5) is 8.87. The first-order valence-electron chi connectivity index (χ1n) is 6.25. The van der Waals surface area contributed by atoms with Gasteiger partial charge in [0.2, 0.25) is 5.88 Å². The summed E-state index contributed by atoms with van der Waals surface area (Å²) < 4.78 is 5.31. The number of nitrogens with one attached hydrogen (secondary N) is 1. The van der Waals surface area contributed by atoms with Gasteiger partial charge in [0.1, 0.15) is 0 Å². The lowest BCUT2D eigenvalue weighted by Crippen LogP contribution is -2.12. The molecule has 0 saturated heterocycles. The normalized spacial score (nSPS) is 18.9. The number of aliphatic imine (C=N–C) groups is 1. The van der Waals surface area contributed by atoms with Gasteiger partial charge in [0.15, 0.2) is 5.17 Å². The number of thioether (sulfide) groups is 1. The van der Waals surface area contributed by atoms with Crippen molar-refractivity contribution < 1.29 is 4.74 Å². The van der Waals surface area contributed by atoms with Crippen molar-refractivity contribution >= 4 is 22.6 Å². The minimum absolute atomic E-state index is 0.424. The highest BCUT2D eigenvalue weighted by molar-refractivity contribution is 8.14.